The monoisotopic (exact) mass is 324 g/mol. The molecule has 0 atom stereocenters. The molecule has 0 bridgehead atoms. The van der Waals surface area contributed by atoms with Crippen LogP contribution in [0.25, 0.3) is 6.08 Å². The molecule has 5 heteroatoms. The van der Waals surface area contributed by atoms with E-state index in [4.69, 9.17) is 28.0 Å². The van der Waals surface area contributed by atoms with Crippen molar-refractivity contribution < 1.29 is 4.74 Å². The van der Waals surface area contributed by atoms with E-state index < -0.39 is 0 Å². The van der Waals surface area contributed by atoms with Gasteiger partial charge >= 0.3 is 0 Å². The number of nitrogens with zero attached hydrogens (tertiary/aromatic N) is 1. The van der Waals surface area contributed by atoms with E-state index in [1.54, 1.807) is 6.08 Å². The first-order chi connectivity index (χ1) is 8.58. The zero-order chi connectivity index (χ0) is 13.5. The molecule has 0 heterocycles. The van der Waals surface area contributed by atoms with Crippen LogP contribution < -0.4 is 10.5 Å². The van der Waals surface area contributed by atoms with Crippen molar-refractivity contribution in [2.75, 3.05) is 6.61 Å². The van der Waals surface area contributed by atoms with Crippen LogP contribution in [0.1, 0.15) is 18.9 Å². The van der Waals surface area contributed by atoms with Crippen LogP contribution in [-0.2, 0) is 0 Å². The van der Waals surface area contributed by atoms with Gasteiger partial charge < -0.3 is 10.5 Å². The van der Waals surface area contributed by atoms with Gasteiger partial charge in [0.25, 0.3) is 0 Å². The van der Waals surface area contributed by atoms with Gasteiger partial charge in [-0.15, -0.1) is 0 Å². The van der Waals surface area contributed by atoms with E-state index in [0.717, 1.165) is 16.5 Å². The number of benzene rings is 1. The Morgan fingerprint density at radius 3 is 2.89 bits per heavy atom. The van der Waals surface area contributed by atoms with Gasteiger partial charge in [-0.3, -0.25) is 0 Å². The van der Waals surface area contributed by atoms with Gasteiger partial charge in [-0.1, -0.05) is 35.1 Å². The Kier molecular flexibility index (Phi) is 5.83. The van der Waals surface area contributed by atoms with E-state index in [0.29, 0.717) is 12.4 Å². The second-order valence-electron chi connectivity index (χ2n) is 3.56. The number of thiocarbonyl (C=S) groups is 1. The van der Waals surface area contributed by atoms with Crippen molar-refractivity contribution in [3.05, 3.63) is 33.8 Å². The molecule has 0 aromatic heterocycles. The van der Waals surface area contributed by atoms with Crippen LogP contribution in [-0.4, -0.2) is 11.6 Å². The summed E-state index contributed by atoms with van der Waals surface area (Å²) in [6, 6.07) is 7.57. The van der Waals surface area contributed by atoms with Gasteiger partial charge in [0.1, 0.15) is 16.8 Å². The molecular weight excluding hydrogens is 312 g/mol. The molecule has 0 spiro atoms. The highest BCUT2D eigenvalue weighted by Gasteiger charge is 2.06. The van der Waals surface area contributed by atoms with Gasteiger partial charge in [-0.05, 0) is 30.7 Å². The highest BCUT2D eigenvalue weighted by atomic mass is 79.9. The minimum atomic E-state index is 0.0823. The smallest absolute Gasteiger partial charge is 0.126 e. The first-order valence-electron chi connectivity index (χ1n) is 5.42. The fraction of sp³-hybridized carbons (Fsp3) is 0.231. The summed E-state index contributed by atoms with van der Waals surface area (Å²) < 4.78 is 6.51. The molecule has 0 unspecified atom stereocenters. The molecule has 0 saturated heterocycles. The predicted molar refractivity (Wildman–Crippen MR) is 80.3 cm³/mol. The number of ether oxygens (including phenoxy) is 1. The fourth-order valence-electron chi connectivity index (χ4n) is 1.29. The molecule has 2 N–H and O–H groups in total. The predicted octanol–water partition coefficient (Wildman–Crippen LogP) is 3.43. The molecule has 0 aliphatic carbocycles. The molecule has 0 aliphatic heterocycles. The van der Waals surface area contributed by atoms with Gasteiger partial charge in [-0.2, -0.15) is 5.26 Å². The first-order valence-corrected chi connectivity index (χ1v) is 6.62. The summed E-state index contributed by atoms with van der Waals surface area (Å²) in [7, 11) is 0. The van der Waals surface area contributed by atoms with Crippen molar-refractivity contribution in [2.45, 2.75) is 13.3 Å². The molecule has 1 rings (SSSR count). The number of hydrogen-bond acceptors (Lipinski definition) is 3. The summed E-state index contributed by atoms with van der Waals surface area (Å²) in [6.45, 7) is 2.65. The average Bonchev–Trinajstić information content (AvgIpc) is 2.34. The molecule has 0 amide bonds. The molecule has 1 aromatic rings. The highest BCUT2D eigenvalue weighted by molar-refractivity contribution is 9.10. The Labute approximate surface area is 120 Å². The number of halogens is 1. The quantitative estimate of drug-likeness (QED) is 0.512. The van der Waals surface area contributed by atoms with Crippen LogP contribution in [0.4, 0.5) is 0 Å². The Morgan fingerprint density at radius 1 is 1.61 bits per heavy atom. The highest BCUT2D eigenvalue weighted by Crippen LogP contribution is 2.25. The Morgan fingerprint density at radius 2 is 2.33 bits per heavy atom. The lowest BCUT2D eigenvalue weighted by molar-refractivity contribution is 0.317. The summed E-state index contributed by atoms with van der Waals surface area (Å²) in [5, 5.41) is 8.96. The lowest BCUT2D eigenvalue weighted by atomic mass is 10.1. The summed E-state index contributed by atoms with van der Waals surface area (Å²) in [5.41, 5.74) is 6.52. The van der Waals surface area contributed by atoms with Crippen molar-refractivity contribution >= 4 is 39.2 Å². The normalized spacial score (nSPS) is 10.8. The standard InChI is InChI=1S/C13H13BrN2OS/c1-2-5-17-12-4-3-11(14)7-9(12)6-10(8-15)13(16)18/h3-4,6-7H,2,5H2,1H3,(H2,16,18)/b10-6+. The zero-order valence-corrected chi connectivity index (χ0v) is 12.3. The topological polar surface area (TPSA) is 59.0 Å². The summed E-state index contributed by atoms with van der Waals surface area (Å²) in [5.74, 6) is 0.712. The minimum Gasteiger partial charge on any atom is -0.493 e. The van der Waals surface area contributed by atoms with Crippen molar-refractivity contribution in [3.8, 4) is 11.8 Å². The van der Waals surface area contributed by atoms with E-state index in [1.807, 2.05) is 31.2 Å². The Balaban J connectivity index is 3.17. The summed E-state index contributed by atoms with van der Waals surface area (Å²) >= 11 is 8.19. The number of rotatable bonds is 5. The second-order valence-corrected chi connectivity index (χ2v) is 4.92. The Hall–Kier alpha value is -1.38. The van der Waals surface area contributed by atoms with Crippen LogP contribution in [0.15, 0.2) is 28.2 Å². The summed E-state index contributed by atoms with van der Waals surface area (Å²) in [4.78, 5) is 0.0823. The van der Waals surface area contributed by atoms with Crippen molar-refractivity contribution in [2.24, 2.45) is 5.73 Å². The van der Waals surface area contributed by atoms with Gasteiger partial charge in [0.05, 0.1) is 12.2 Å². The molecule has 94 valence electrons. The largest absolute Gasteiger partial charge is 0.493 e. The molecule has 3 nitrogen and oxygen atoms in total. The lowest BCUT2D eigenvalue weighted by Crippen LogP contribution is -2.09. The molecule has 18 heavy (non-hydrogen) atoms. The van der Waals surface area contributed by atoms with E-state index in [-0.39, 0.29) is 10.6 Å². The molecule has 0 saturated carbocycles. The third-order valence-corrected chi connectivity index (χ3v) is 2.83. The minimum absolute atomic E-state index is 0.0823. The van der Waals surface area contributed by atoms with Crippen molar-refractivity contribution in [1.82, 2.24) is 0 Å². The molecule has 0 fully saturated rings. The lowest BCUT2D eigenvalue weighted by Gasteiger charge is -2.09. The van der Waals surface area contributed by atoms with Gasteiger partial charge in [0.2, 0.25) is 0 Å². The second kappa shape index (κ2) is 7.14. The van der Waals surface area contributed by atoms with E-state index >= 15 is 0 Å². The molecular formula is C13H13BrN2OS. The molecule has 0 aliphatic rings. The maximum absolute atomic E-state index is 8.96. The SMILES string of the molecule is CCCOc1ccc(Br)cc1/C=C(\C#N)C(N)=S. The van der Waals surface area contributed by atoms with Crippen molar-refractivity contribution in [3.63, 3.8) is 0 Å². The number of nitrogens with two attached hydrogens (primary N) is 1. The maximum Gasteiger partial charge on any atom is 0.126 e. The molecule has 0 radical (unpaired) electrons. The third kappa shape index (κ3) is 4.13. The zero-order valence-electron chi connectivity index (χ0n) is 9.94. The number of nitriles is 1. The first kappa shape index (κ1) is 14.7. The Bertz CT molecular complexity index is 520. The van der Waals surface area contributed by atoms with Gasteiger partial charge in [0, 0.05) is 10.0 Å². The van der Waals surface area contributed by atoms with Crippen LogP contribution >= 0.6 is 28.1 Å². The van der Waals surface area contributed by atoms with Crippen molar-refractivity contribution in [1.29, 1.82) is 5.26 Å². The van der Waals surface area contributed by atoms with E-state index in [1.165, 1.54) is 0 Å². The van der Waals surface area contributed by atoms with Crippen LogP contribution in [0, 0.1) is 11.3 Å². The van der Waals surface area contributed by atoms with E-state index in [2.05, 4.69) is 15.9 Å². The maximum atomic E-state index is 8.96. The number of hydrogen-bond donors (Lipinski definition) is 1. The summed E-state index contributed by atoms with van der Waals surface area (Å²) in [6.07, 6.45) is 2.55. The fourth-order valence-corrected chi connectivity index (χ4v) is 1.77. The van der Waals surface area contributed by atoms with Gasteiger partial charge in [-0.25, -0.2) is 0 Å². The van der Waals surface area contributed by atoms with E-state index in [9.17, 15) is 0 Å². The third-order valence-electron chi connectivity index (χ3n) is 2.12. The molecule has 1 aromatic carbocycles. The van der Waals surface area contributed by atoms with Crippen LogP contribution in [0.3, 0.4) is 0 Å². The van der Waals surface area contributed by atoms with Crippen LogP contribution in [0.5, 0.6) is 5.75 Å². The van der Waals surface area contributed by atoms with Gasteiger partial charge in [0.15, 0.2) is 0 Å². The van der Waals surface area contributed by atoms with Crippen LogP contribution in [0.2, 0.25) is 0 Å². The average molecular weight is 325 g/mol.